The van der Waals surface area contributed by atoms with Gasteiger partial charge < -0.3 is 4.74 Å². The molecule has 2 aromatic carbocycles. The number of nitrogens with zero attached hydrogens (tertiary/aromatic N) is 1. The van der Waals surface area contributed by atoms with Crippen molar-refractivity contribution < 1.29 is 22.8 Å². The maximum atomic E-state index is 13.4. The van der Waals surface area contributed by atoms with E-state index in [1.165, 1.54) is 24.3 Å². The minimum atomic E-state index is -0.917. The van der Waals surface area contributed by atoms with Crippen LogP contribution in [-0.2, 0) is 15.1 Å². The predicted molar refractivity (Wildman–Crippen MR) is 86.1 cm³/mol. The summed E-state index contributed by atoms with van der Waals surface area (Å²) in [7, 11) is 1.87. The lowest BCUT2D eigenvalue weighted by Crippen LogP contribution is -2.63. The first-order valence-electron chi connectivity index (χ1n) is 7.94. The third-order valence-corrected chi connectivity index (χ3v) is 4.93. The van der Waals surface area contributed by atoms with E-state index < -0.39 is 5.60 Å². The first-order valence-corrected chi connectivity index (χ1v) is 7.94. The highest BCUT2D eigenvalue weighted by atomic mass is 19.1. The van der Waals surface area contributed by atoms with Gasteiger partial charge in [-0.15, -0.1) is 0 Å². The van der Waals surface area contributed by atoms with Crippen LogP contribution in [0, 0.1) is 11.6 Å². The molecular weight excluding hydrogens is 312 g/mol. The molecule has 1 saturated heterocycles. The van der Waals surface area contributed by atoms with Crippen LogP contribution in [0.1, 0.15) is 18.1 Å². The average molecular weight is 332 g/mol. The number of hydrogen-bond acceptors (Lipinski definition) is 2. The van der Waals surface area contributed by atoms with Crippen LogP contribution in [0.3, 0.4) is 0 Å². The fourth-order valence-corrected chi connectivity index (χ4v) is 3.21. The lowest BCUT2D eigenvalue weighted by atomic mass is 9.83. The standard InChI is InChI=1S/C19H20F2NO2/c1-3-22(2)13-19(24-12-18(22)23,14-4-8-16(20)9-5-14)15-6-10-17(21)11-7-15/h4-11H,3,12-13H2,1-2H3/q+1. The molecule has 3 nitrogen and oxygen atoms in total. The van der Waals surface area contributed by atoms with Crippen molar-refractivity contribution in [3.8, 4) is 0 Å². The summed E-state index contributed by atoms with van der Waals surface area (Å²) < 4.78 is 33.0. The summed E-state index contributed by atoms with van der Waals surface area (Å²) in [6.07, 6.45) is 0. The first-order chi connectivity index (χ1) is 11.4. The number of rotatable bonds is 3. The Balaban J connectivity index is 2.16. The van der Waals surface area contributed by atoms with Crippen molar-refractivity contribution in [2.45, 2.75) is 12.5 Å². The van der Waals surface area contributed by atoms with Gasteiger partial charge in [0.1, 0.15) is 18.2 Å². The number of quaternary nitrogens is 1. The predicted octanol–water partition coefficient (Wildman–Crippen LogP) is 3.23. The van der Waals surface area contributed by atoms with Crippen LogP contribution in [0.4, 0.5) is 8.78 Å². The third-order valence-electron chi connectivity index (χ3n) is 4.93. The van der Waals surface area contributed by atoms with Gasteiger partial charge in [-0.2, -0.15) is 0 Å². The number of likely N-dealkylation sites (N-methyl/N-ethyl adjacent to an activating group) is 1. The van der Waals surface area contributed by atoms with Crippen molar-refractivity contribution >= 4 is 5.91 Å². The molecule has 1 atom stereocenters. The van der Waals surface area contributed by atoms with E-state index >= 15 is 0 Å². The van der Waals surface area contributed by atoms with E-state index in [2.05, 4.69) is 0 Å². The zero-order valence-electron chi connectivity index (χ0n) is 13.8. The molecule has 0 bridgehead atoms. The Bertz CT molecular complexity index is 697. The summed E-state index contributed by atoms with van der Waals surface area (Å²) in [5, 5.41) is 0. The summed E-state index contributed by atoms with van der Waals surface area (Å²) in [4.78, 5) is 12.3. The molecule has 1 fully saturated rings. The van der Waals surface area contributed by atoms with Gasteiger partial charge in [0, 0.05) is 0 Å². The van der Waals surface area contributed by atoms with Crippen LogP contribution < -0.4 is 0 Å². The molecule has 2 aromatic rings. The van der Waals surface area contributed by atoms with E-state index in [1.54, 1.807) is 24.3 Å². The normalized spacial score (nSPS) is 23.2. The molecule has 24 heavy (non-hydrogen) atoms. The topological polar surface area (TPSA) is 26.3 Å². The number of benzene rings is 2. The molecule has 0 N–H and O–H groups in total. The summed E-state index contributed by atoms with van der Waals surface area (Å²) in [6, 6.07) is 12.1. The number of ether oxygens (including phenoxy) is 1. The van der Waals surface area contributed by atoms with Gasteiger partial charge in [0.05, 0.1) is 13.6 Å². The number of carbonyl (C=O) groups is 1. The number of morpholine rings is 1. The van der Waals surface area contributed by atoms with Gasteiger partial charge >= 0.3 is 5.91 Å². The largest absolute Gasteiger partial charge is 0.345 e. The van der Waals surface area contributed by atoms with Gasteiger partial charge in [-0.25, -0.2) is 13.6 Å². The zero-order valence-corrected chi connectivity index (χ0v) is 13.8. The van der Waals surface area contributed by atoms with Crippen LogP contribution >= 0.6 is 0 Å². The fraction of sp³-hybridized carbons (Fsp3) is 0.316. The molecule has 126 valence electrons. The summed E-state index contributed by atoms with van der Waals surface area (Å²) in [6.45, 7) is 2.90. The SMILES string of the molecule is CC[N+]1(C)CC(c2ccc(F)cc2)(c2ccc(F)cc2)OCC1=O. The molecule has 0 saturated carbocycles. The van der Waals surface area contributed by atoms with Crippen LogP contribution in [0.15, 0.2) is 48.5 Å². The fourth-order valence-electron chi connectivity index (χ4n) is 3.21. The molecule has 5 heteroatoms. The molecule has 1 unspecified atom stereocenters. The van der Waals surface area contributed by atoms with Crippen molar-refractivity contribution in [3.63, 3.8) is 0 Å². The highest BCUT2D eigenvalue weighted by Crippen LogP contribution is 2.39. The van der Waals surface area contributed by atoms with Gasteiger partial charge in [0.2, 0.25) is 0 Å². The maximum Gasteiger partial charge on any atom is 0.339 e. The zero-order chi connectivity index (χ0) is 17.4. The van der Waals surface area contributed by atoms with Crippen LogP contribution in [-0.4, -0.2) is 37.1 Å². The summed E-state index contributed by atoms with van der Waals surface area (Å²) in [5.74, 6) is -0.683. The van der Waals surface area contributed by atoms with Gasteiger partial charge in [0.25, 0.3) is 0 Å². The number of hydrogen-bond donors (Lipinski definition) is 0. The van der Waals surface area contributed by atoms with Crippen molar-refractivity contribution in [2.75, 3.05) is 26.7 Å². The first kappa shape index (κ1) is 16.7. The molecule has 3 rings (SSSR count). The Hall–Kier alpha value is -2.11. The van der Waals surface area contributed by atoms with E-state index in [0.29, 0.717) is 13.1 Å². The Morgan fingerprint density at radius 1 is 1.00 bits per heavy atom. The second-order valence-corrected chi connectivity index (χ2v) is 6.39. The molecule has 1 amide bonds. The maximum absolute atomic E-state index is 13.4. The average Bonchev–Trinajstić information content (AvgIpc) is 2.59. The molecule has 0 aliphatic carbocycles. The molecular formula is C19H20F2NO2+. The van der Waals surface area contributed by atoms with Gasteiger partial charge in [-0.05, 0) is 42.3 Å². The minimum absolute atomic E-state index is 0.00246. The smallest absolute Gasteiger partial charge is 0.339 e. The highest BCUT2D eigenvalue weighted by molar-refractivity contribution is 5.71. The van der Waals surface area contributed by atoms with E-state index in [4.69, 9.17) is 4.74 Å². The Morgan fingerprint density at radius 3 is 1.88 bits per heavy atom. The quantitative estimate of drug-likeness (QED) is 0.807. The monoisotopic (exact) mass is 332 g/mol. The van der Waals surface area contributed by atoms with Crippen LogP contribution in [0.25, 0.3) is 0 Å². The molecule has 1 aliphatic rings. The second-order valence-electron chi connectivity index (χ2n) is 6.39. The van der Waals surface area contributed by atoms with Gasteiger partial charge in [-0.3, -0.25) is 4.48 Å². The molecule has 0 aromatic heterocycles. The number of amides is 1. The van der Waals surface area contributed by atoms with E-state index in [0.717, 1.165) is 11.1 Å². The molecule has 1 heterocycles. The van der Waals surface area contributed by atoms with Gasteiger partial charge in [0.15, 0.2) is 12.2 Å². The molecule has 0 radical (unpaired) electrons. The third kappa shape index (κ3) is 2.74. The minimum Gasteiger partial charge on any atom is -0.345 e. The summed E-state index contributed by atoms with van der Waals surface area (Å²) >= 11 is 0. The van der Waals surface area contributed by atoms with E-state index in [1.807, 2.05) is 14.0 Å². The molecule has 1 aliphatic heterocycles. The Morgan fingerprint density at radius 2 is 1.46 bits per heavy atom. The van der Waals surface area contributed by atoms with Crippen molar-refractivity contribution in [1.29, 1.82) is 0 Å². The Labute approximate surface area is 140 Å². The van der Waals surface area contributed by atoms with Crippen molar-refractivity contribution in [1.82, 2.24) is 0 Å². The number of carbonyl (C=O) groups excluding carboxylic acids is 1. The van der Waals surface area contributed by atoms with Crippen LogP contribution in [0.2, 0.25) is 0 Å². The van der Waals surface area contributed by atoms with E-state index in [-0.39, 0.29) is 28.6 Å². The van der Waals surface area contributed by atoms with Crippen LogP contribution in [0.5, 0.6) is 0 Å². The van der Waals surface area contributed by atoms with Crippen molar-refractivity contribution in [3.05, 3.63) is 71.3 Å². The van der Waals surface area contributed by atoms with E-state index in [9.17, 15) is 13.6 Å². The second kappa shape index (κ2) is 6.07. The highest BCUT2D eigenvalue weighted by Gasteiger charge is 2.50. The summed E-state index contributed by atoms with van der Waals surface area (Å²) in [5.41, 5.74) is 0.585. The lowest BCUT2D eigenvalue weighted by molar-refractivity contribution is -0.847. The molecule has 0 spiro atoms. The van der Waals surface area contributed by atoms with Crippen molar-refractivity contribution in [2.24, 2.45) is 0 Å². The van der Waals surface area contributed by atoms with Gasteiger partial charge in [-0.1, -0.05) is 24.3 Å². The Kier molecular flexibility index (Phi) is 4.24. The number of halogens is 2. The lowest BCUT2D eigenvalue weighted by Gasteiger charge is -2.45.